The summed E-state index contributed by atoms with van der Waals surface area (Å²) >= 11 is 1.41. The smallest absolute Gasteiger partial charge is 0.240 e. The number of carbonyl (C=O) groups is 1. The lowest BCUT2D eigenvalue weighted by Crippen LogP contribution is -2.41. The molecule has 0 saturated carbocycles. The van der Waals surface area contributed by atoms with Crippen molar-refractivity contribution in [2.24, 2.45) is 0 Å². The molecule has 1 amide bonds. The molecule has 0 unspecified atom stereocenters. The van der Waals surface area contributed by atoms with Crippen molar-refractivity contribution in [2.45, 2.75) is 37.2 Å². The zero-order valence-corrected chi connectivity index (χ0v) is 20.7. The molecule has 1 aliphatic rings. The number of nitrogens with one attached hydrogen (secondary N) is 2. The van der Waals surface area contributed by atoms with Crippen LogP contribution in [0.3, 0.4) is 0 Å². The minimum Gasteiger partial charge on any atom is -0.494 e. The highest BCUT2D eigenvalue weighted by molar-refractivity contribution is 8.00. The average molecular weight is 486 g/mol. The Bertz CT molecular complexity index is 1340. The van der Waals surface area contributed by atoms with Crippen LogP contribution in [0.4, 0.5) is 5.69 Å². The molecular weight excluding hydrogens is 458 g/mol. The summed E-state index contributed by atoms with van der Waals surface area (Å²) in [7, 11) is 0. The van der Waals surface area contributed by atoms with Gasteiger partial charge in [-0.2, -0.15) is 0 Å². The minimum atomic E-state index is -0.465. The second-order valence-corrected chi connectivity index (χ2v) is 9.50. The number of hydrogen-bond donors (Lipinski definition) is 2. The summed E-state index contributed by atoms with van der Waals surface area (Å²) in [6.45, 7) is 6.62. The predicted molar refractivity (Wildman–Crippen MR) is 139 cm³/mol. The van der Waals surface area contributed by atoms with Gasteiger partial charge in [0.05, 0.1) is 12.6 Å². The number of anilines is 1. The first-order valence-electron chi connectivity index (χ1n) is 11.6. The summed E-state index contributed by atoms with van der Waals surface area (Å²) in [5.74, 6) is 1.41. The van der Waals surface area contributed by atoms with Gasteiger partial charge in [0.25, 0.3) is 0 Å². The zero-order valence-electron chi connectivity index (χ0n) is 19.9. The lowest BCUT2D eigenvalue weighted by molar-refractivity contribution is -0.116. The van der Waals surface area contributed by atoms with Gasteiger partial charge < -0.3 is 15.5 Å². The molecule has 0 radical (unpaired) electrons. The van der Waals surface area contributed by atoms with Gasteiger partial charge in [0.1, 0.15) is 11.0 Å². The van der Waals surface area contributed by atoms with Crippen molar-refractivity contribution in [1.29, 1.82) is 0 Å². The van der Waals surface area contributed by atoms with Gasteiger partial charge in [-0.3, -0.25) is 4.79 Å². The first kappa shape index (κ1) is 23.0. The van der Waals surface area contributed by atoms with Crippen LogP contribution in [0.15, 0.2) is 78.0 Å². The largest absolute Gasteiger partial charge is 0.494 e. The van der Waals surface area contributed by atoms with Crippen LogP contribution in [0, 0.1) is 13.8 Å². The van der Waals surface area contributed by atoms with E-state index >= 15 is 0 Å². The van der Waals surface area contributed by atoms with Crippen LogP contribution in [0.1, 0.15) is 29.7 Å². The first-order chi connectivity index (χ1) is 17.0. The number of nitrogens with zero attached hydrogens (tertiary/aromatic N) is 3. The number of hydrogen-bond acceptors (Lipinski definition) is 6. The summed E-state index contributed by atoms with van der Waals surface area (Å²) in [5.41, 5.74) is 8.45. The lowest BCUT2D eigenvalue weighted by Gasteiger charge is -2.33. The molecule has 2 N–H and O–H groups in total. The van der Waals surface area contributed by atoms with Crippen molar-refractivity contribution in [3.63, 3.8) is 0 Å². The second-order valence-electron chi connectivity index (χ2n) is 8.39. The van der Waals surface area contributed by atoms with Crippen molar-refractivity contribution in [3.8, 4) is 17.1 Å². The van der Waals surface area contributed by atoms with Crippen molar-refractivity contribution in [2.75, 3.05) is 17.3 Å². The molecule has 2 atom stereocenters. The van der Waals surface area contributed by atoms with Gasteiger partial charge in [0.15, 0.2) is 5.82 Å². The number of fused-ring (bicyclic) bond motifs is 1. The second kappa shape index (κ2) is 9.84. The summed E-state index contributed by atoms with van der Waals surface area (Å²) in [6.07, 6.45) is 0. The number of ether oxygens (including phenoxy) is 1. The summed E-state index contributed by atoms with van der Waals surface area (Å²) < 4.78 is 7.49. The molecule has 178 valence electrons. The topological polar surface area (TPSA) is 81.1 Å². The summed E-state index contributed by atoms with van der Waals surface area (Å²) in [6, 6.07) is 23.4. The number of thioether (sulfide) groups is 1. The van der Waals surface area contributed by atoms with Crippen LogP contribution < -0.4 is 15.5 Å². The van der Waals surface area contributed by atoms with Gasteiger partial charge >= 0.3 is 0 Å². The van der Waals surface area contributed by atoms with Gasteiger partial charge in [-0.15, -0.1) is 10.2 Å². The number of benzene rings is 3. The van der Waals surface area contributed by atoms with Crippen molar-refractivity contribution in [1.82, 2.24) is 14.9 Å². The Kier molecular flexibility index (Phi) is 6.46. The van der Waals surface area contributed by atoms with Crippen LogP contribution in [0.5, 0.6) is 5.75 Å². The average Bonchev–Trinajstić information content (AvgIpc) is 3.30. The van der Waals surface area contributed by atoms with Gasteiger partial charge in [-0.1, -0.05) is 66.4 Å². The van der Waals surface area contributed by atoms with E-state index in [0.717, 1.165) is 33.7 Å². The Morgan fingerprint density at radius 1 is 1.03 bits per heavy atom. The molecular formula is C27H27N5O2S. The van der Waals surface area contributed by atoms with Crippen LogP contribution >= 0.6 is 11.8 Å². The molecule has 4 aromatic rings. The van der Waals surface area contributed by atoms with Crippen LogP contribution in [0.2, 0.25) is 0 Å². The molecule has 1 aromatic heterocycles. The predicted octanol–water partition coefficient (Wildman–Crippen LogP) is 5.36. The third-order valence-electron chi connectivity index (χ3n) is 6.14. The van der Waals surface area contributed by atoms with Crippen LogP contribution in [-0.4, -0.2) is 32.6 Å². The maximum atomic E-state index is 13.6. The van der Waals surface area contributed by atoms with E-state index in [1.54, 1.807) is 0 Å². The number of rotatable bonds is 6. The van der Waals surface area contributed by atoms with Gasteiger partial charge in [0.2, 0.25) is 11.1 Å². The highest BCUT2D eigenvalue weighted by Crippen LogP contribution is 2.39. The van der Waals surface area contributed by atoms with Crippen LogP contribution in [-0.2, 0) is 4.79 Å². The fourth-order valence-corrected chi connectivity index (χ4v) is 5.19. The third kappa shape index (κ3) is 4.61. The maximum absolute atomic E-state index is 13.6. The Labute approximate surface area is 208 Å². The van der Waals surface area contributed by atoms with E-state index in [4.69, 9.17) is 4.74 Å². The van der Waals surface area contributed by atoms with Crippen LogP contribution in [0.25, 0.3) is 11.4 Å². The fraction of sp³-hybridized carbons (Fsp3) is 0.222. The fourth-order valence-electron chi connectivity index (χ4n) is 4.11. The number of amides is 1. The molecule has 3 aromatic carbocycles. The Hall–Kier alpha value is -3.78. The van der Waals surface area contributed by atoms with E-state index in [2.05, 4.69) is 20.9 Å². The molecule has 0 fully saturated rings. The van der Waals surface area contributed by atoms with Gasteiger partial charge in [-0.05, 0) is 55.7 Å². The summed E-state index contributed by atoms with van der Waals surface area (Å²) in [5, 5.41) is 12.1. The van der Waals surface area contributed by atoms with E-state index < -0.39 is 5.25 Å². The maximum Gasteiger partial charge on any atom is 0.240 e. The van der Waals surface area contributed by atoms with E-state index in [9.17, 15) is 4.79 Å². The molecule has 0 saturated heterocycles. The highest BCUT2D eigenvalue weighted by atomic mass is 32.2. The van der Waals surface area contributed by atoms with E-state index in [1.807, 2.05) is 98.2 Å². The quantitative estimate of drug-likeness (QED) is 0.383. The molecule has 0 bridgehead atoms. The van der Waals surface area contributed by atoms with Gasteiger partial charge in [0, 0.05) is 11.3 Å². The minimum absolute atomic E-state index is 0.0920. The van der Waals surface area contributed by atoms with E-state index in [0.29, 0.717) is 17.6 Å². The lowest BCUT2D eigenvalue weighted by atomic mass is 10.0. The molecule has 0 spiro atoms. The highest BCUT2D eigenvalue weighted by Gasteiger charge is 2.38. The molecule has 0 aliphatic carbocycles. The number of aromatic nitrogens is 3. The SMILES string of the molecule is CCOc1ccc([C@@H]2Nn3c(nnc3-c3ccccc3)S[C@H]2C(=O)Nc2cccc(C)c2C)cc1. The van der Waals surface area contributed by atoms with Gasteiger partial charge in [-0.25, -0.2) is 4.68 Å². The van der Waals surface area contributed by atoms with Crippen molar-refractivity contribution in [3.05, 3.63) is 89.5 Å². The van der Waals surface area contributed by atoms with Crippen molar-refractivity contribution >= 4 is 23.4 Å². The Morgan fingerprint density at radius 2 is 1.80 bits per heavy atom. The monoisotopic (exact) mass is 485 g/mol. The third-order valence-corrected chi connectivity index (χ3v) is 7.36. The molecule has 8 heteroatoms. The first-order valence-corrected chi connectivity index (χ1v) is 12.5. The van der Waals surface area contributed by atoms with E-state index in [1.165, 1.54) is 11.8 Å². The number of carbonyl (C=O) groups excluding carboxylic acids is 1. The Balaban J connectivity index is 1.51. The molecule has 5 rings (SSSR count). The zero-order chi connectivity index (χ0) is 24.4. The summed E-state index contributed by atoms with van der Waals surface area (Å²) in [4.78, 5) is 13.6. The number of aryl methyl sites for hydroxylation is 1. The Morgan fingerprint density at radius 3 is 2.54 bits per heavy atom. The molecule has 1 aliphatic heterocycles. The van der Waals surface area contributed by atoms with Crippen molar-refractivity contribution < 1.29 is 9.53 Å². The van der Waals surface area contributed by atoms with E-state index in [-0.39, 0.29) is 11.9 Å². The normalized spacial score (nSPS) is 16.8. The standard InChI is InChI=1S/C27H27N5O2S/c1-4-34-21-15-13-19(14-16-21)23-24(26(33)28-22-12-8-9-17(2)18(22)3)35-27-30-29-25(32(27)31-23)20-10-6-5-7-11-20/h5-16,23-24,31H,4H2,1-3H3,(H,28,33)/t23-,24+/m0/s1. The molecule has 2 heterocycles. The molecule has 35 heavy (non-hydrogen) atoms. The molecule has 7 nitrogen and oxygen atoms in total.